The summed E-state index contributed by atoms with van der Waals surface area (Å²) in [6, 6.07) is 0. The molecule has 0 unspecified atom stereocenters. The summed E-state index contributed by atoms with van der Waals surface area (Å²) in [5.74, 6) is 0. The number of nitrogens with one attached hydrogen (secondary N) is 1. The number of nitrogens with zero attached hydrogens (tertiary/aromatic N) is 2. The molecule has 0 amide bonds. The van der Waals surface area contributed by atoms with E-state index in [1.807, 2.05) is 13.1 Å². The highest BCUT2D eigenvalue weighted by Gasteiger charge is 2.29. The van der Waals surface area contributed by atoms with Gasteiger partial charge in [-0.2, -0.15) is 0 Å². The highest BCUT2D eigenvalue weighted by Crippen LogP contribution is 2.23. The number of piperidine rings is 1. The summed E-state index contributed by atoms with van der Waals surface area (Å²) in [4.78, 5) is 8.14. The molecule has 1 fully saturated rings. The van der Waals surface area contributed by atoms with Gasteiger partial charge in [-0.15, -0.1) is 0 Å². The molecule has 2 heterocycles. The van der Waals surface area contributed by atoms with Gasteiger partial charge in [0.2, 0.25) is 0 Å². The van der Waals surface area contributed by atoms with E-state index in [4.69, 9.17) is 0 Å². The molecular weight excluding hydrogens is 190 g/mol. The van der Waals surface area contributed by atoms with Crippen LogP contribution in [0, 0.1) is 6.92 Å². The molecule has 0 spiro atoms. The zero-order valence-electron chi connectivity index (χ0n) is 9.03. The predicted molar refractivity (Wildman–Crippen MR) is 57.5 cm³/mol. The molecular formula is C11H17N3O. The lowest BCUT2D eigenvalue weighted by Crippen LogP contribution is -2.43. The van der Waals surface area contributed by atoms with E-state index in [0.29, 0.717) is 6.42 Å². The maximum absolute atomic E-state index is 10.4. The second-order valence-electron chi connectivity index (χ2n) is 4.28. The minimum atomic E-state index is -0.569. The van der Waals surface area contributed by atoms with Gasteiger partial charge in [0.15, 0.2) is 0 Å². The van der Waals surface area contributed by atoms with E-state index in [0.717, 1.165) is 37.2 Å². The zero-order chi connectivity index (χ0) is 10.7. The molecule has 1 saturated heterocycles. The van der Waals surface area contributed by atoms with Crippen molar-refractivity contribution in [2.24, 2.45) is 0 Å². The lowest BCUT2D eigenvalue weighted by Gasteiger charge is -2.32. The summed E-state index contributed by atoms with van der Waals surface area (Å²) < 4.78 is 0. The molecule has 1 aromatic heterocycles. The van der Waals surface area contributed by atoms with Crippen molar-refractivity contribution in [2.75, 3.05) is 13.1 Å². The first kappa shape index (κ1) is 10.5. The van der Waals surface area contributed by atoms with Gasteiger partial charge in [-0.3, -0.25) is 0 Å². The quantitative estimate of drug-likeness (QED) is 0.739. The van der Waals surface area contributed by atoms with Gasteiger partial charge in [0.25, 0.3) is 0 Å². The summed E-state index contributed by atoms with van der Waals surface area (Å²) in [7, 11) is 0. The Balaban J connectivity index is 2.10. The fourth-order valence-corrected chi connectivity index (χ4v) is 2.02. The van der Waals surface area contributed by atoms with E-state index in [1.165, 1.54) is 0 Å². The van der Waals surface area contributed by atoms with Crippen molar-refractivity contribution in [1.82, 2.24) is 15.3 Å². The van der Waals surface area contributed by atoms with E-state index < -0.39 is 5.60 Å². The standard InChI is InChI=1S/C11H17N3O/c1-9-10(7-13-8-14-9)6-11(15)2-4-12-5-3-11/h7-8,12,15H,2-6H2,1H3. The number of hydrogen-bond acceptors (Lipinski definition) is 4. The molecule has 15 heavy (non-hydrogen) atoms. The van der Waals surface area contributed by atoms with Gasteiger partial charge in [0.05, 0.1) is 5.60 Å². The molecule has 82 valence electrons. The van der Waals surface area contributed by atoms with E-state index in [9.17, 15) is 5.11 Å². The normalized spacial score (nSPS) is 20.1. The summed E-state index contributed by atoms with van der Waals surface area (Å²) in [5.41, 5.74) is 1.46. The van der Waals surface area contributed by atoms with Gasteiger partial charge in [-0.1, -0.05) is 0 Å². The Bertz CT molecular complexity index is 334. The van der Waals surface area contributed by atoms with Gasteiger partial charge < -0.3 is 10.4 Å². The zero-order valence-corrected chi connectivity index (χ0v) is 9.03. The molecule has 2 rings (SSSR count). The Morgan fingerprint density at radius 1 is 1.47 bits per heavy atom. The predicted octanol–water partition coefficient (Wildman–Crippen LogP) is 0.442. The molecule has 0 atom stereocenters. The molecule has 2 N–H and O–H groups in total. The molecule has 1 aliphatic heterocycles. The number of aromatic nitrogens is 2. The fourth-order valence-electron chi connectivity index (χ4n) is 2.02. The van der Waals surface area contributed by atoms with Crippen molar-refractivity contribution in [3.63, 3.8) is 0 Å². The minimum absolute atomic E-state index is 0.569. The first-order valence-corrected chi connectivity index (χ1v) is 5.38. The van der Waals surface area contributed by atoms with Crippen LogP contribution in [0.15, 0.2) is 12.5 Å². The maximum atomic E-state index is 10.4. The molecule has 0 bridgehead atoms. The molecule has 0 radical (unpaired) electrons. The first-order valence-electron chi connectivity index (χ1n) is 5.38. The topological polar surface area (TPSA) is 58.0 Å². The number of aryl methyl sites for hydroxylation is 1. The van der Waals surface area contributed by atoms with Crippen LogP contribution < -0.4 is 5.32 Å². The lowest BCUT2D eigenvalue weighted by atomic mass is 9.86. The molecule has 0 aromatic carbocycles. The smallest absolute Gasteiger partial charge is 0.115 e. The maximum Gasteiger partial charge on any atom is 0.115 e. The summed E-state index contributed by atoms with van der Waals surface area (Å²) >= 11 is 0. The van der Waals surface area contributed by atoms with Crippen molar-refractivity contribution in [1.29, 1.82) is 0 Å². The lowest BCUT2D eigenvalue weighted by molar-refractivity contribution is 0.0106. The Kier molecular flexibility index (Phi) is 2.98. The fraction of sp³-hybridized carbons (Fsp3) is 0.636. The highest BCUT2D eigenvalue weighted by atomic mass is 16.3. The number of hydrogen-bond donors (Lipinski definition) is 2. The van der Waals surface area contributed by atoms with Crippen LogP contribution in [0.25, 0.3) is 0 Å². The Morgan fingerprint density at radius 2 is 2.20 bits per heavy atom. The van der Waals surface area contributed by atoms with Crippen molar-refractivity contribution in [3.05, 3.63) is 23.8 Å². The van der Waals surface area contributed by atoms with Gasteiger partial charge >= 0.3 is 0 Å². The summed E-state index contributed by atoms with van der Waals surface area (Å²) in [5, 5.41) is 13.6. The van der Waals surface area contributed by atoms with Gasteiger partial charge in [0.1, 0.15) is 6.33 Å². The van der Waals surface area contributed by atoms with Gasteiger partial charge in [-0.05, 0) is 38.4 Å². The first-order chi connectivity index (χ1) is 7.20. The molecule has 4 heteroatoms. The average molecular weight is 207 g/mol. The van der Waals surface area contributed by atoms with E-state index in [2.05, 4.69) is 15.3 Å². The average Bonchev–Trinajstić information content (AvgIpc) is 2.22. The van der Waals surface area contributed by atoms with Crippen LogP contribution in [0.2, 0.25) is 0 Å². The monoisotopic (exact) mass is 207 g/mol. The van der Waals surface area contributed by atoms with Crippen LogP contribution >= 0.6 is 0 Å². The SMILES string of the molecule is Cc1ncncc1CC1(O)CCNCC1. The summed E-state index contributed by atoms with van der Waals surface area (Å²) in [6.07, 6.45) is 5.64. The third-order valence-corrected chi connectivity index (χ3v) is 3.07. The van der Waals surface area contributed by atoms with Crippen molar-refractivity contribution in [3.8, 4) is 0 Å². The Morgan fingerprint density at radius 3 is 2.87 bits per heavy atom. The Hall–Kier alpha value is -1.00. The van der Waals surface area contributed by atoms with Crippen LogP contribution in [-0.2, 0) is 6.42 Å². The number of aliphatic hydroxyl groups is 1. The van der Waals surface area contributed by atoms with Gasteiger partial charge in [0, 0.05) is 18.3 Å². The summed E-state index contributed by atoms with van der Waals surface area (Å²) in [6.45, 7) is 3.74. The van der Waals surface area contributed by atoms with Crippen LogP contribution in [-0.4, -0.2) is 33.8 Å². The number of rotatable bonds is 2. The van der Waals surface area contributed by atoms with Crippen molar-refractivity contribution >= 4 is 0 Å². The second kappa shape index (κ2) is 4.24. The third-order valence-electron chi connectivity index (χ3n) is 3.07. The van der Waals surface area contributed by atoms with Crippen LogP contribution in [0.4, 0.5) is 0 Å². The Labute approximate surface area is 89.8 Å². The van der Waals surface area contributed by atoms with Crippen LogP contribution in [0.5, 0.6) is 0 Å². The van der Waals surface area contributed by atoms with Crippen molar-refractivity contribution in [2.45, 2.75) is 31.8 Å². The largest absolute Gasteiger partial charge is 0.389 e. The van der Waals surface area contributed by atoms with E-state index in [-0.39, 0.29) is 0 Å². The minimum Gasteiger partial charge on any atom is -0.389 e. The molecule has 0 saturated carbocycles. The van der Waals surface area contributed by atoms with Crippen LogP contribution in [0.1, 0.15) is 24.1 Å². The van der Waals surface area contributed by atoms with Crippen LogP contribution in [0.3, 0.4) is 0 Å². The molecule has 0 aliphatic carbocycles. The van der Waals surface area contributed by atoms with Crippen molar-refractivity contribution < 1.29 is 5.11 Å². The highest BCUT2D eigenvalue weighted by molar-refractivity contribution is 5.17. The molecule has 1 aliphatic rings. The molecule has 4 nitrogen and oxygen atoms in total. The second-order valence-corrected chi connectivity index (χ2v) is 4.28. The van der Waals surface area contributed by atoms with Gasteiger partial charge in [-0.25, -0.2) is 9.97 Å². The van der Waals surface area contributed by atoms with E-state index >= 15 is 0 Å². The molecule has 1 aromatic rings. The third kappa shape index (κ3) is 2.52. The van der Waals surface area contributed by atoms with E-state index in [1.54, 1.807) is 6.33 Å².